The van der Waals surface area contributed by atoms with Gasteiger partial charge in [0.05, 0.1) is 0 Å². The van der Waals surface area contributed by atoms with Crippen molar-refractivity contribution in [2.24, 2.45) is 0 Å². The molecule has 3 aromatic rings. The van der Waals surface area contributed by atoms with E-state index in [9.17, 15) is 4.79 Å². The predicted molar refractivity (Wildman–Crippen MR) is 120 cm³/mol. The maximum atomic E-state index is 12.8. The molecule has 1 heterocycles. The SMILES string of the molecule is CC(C)(C)c1cc(NC(=O)c2ccc(Oc3nccs3)cc2)cc(C(C)(C)C)c1. The first kappa shape index (κ1) is 21.1. The van der Waals surface area contributed by atoms with Gasteiger partial charge in [0.25, 0.3) is 11.1 Å². The summed E-state index contributed by atoms with van der Waals surface area (Å²) in [6.07, 6.45) is 1.69. The second-order valence-electron chi connectivity index (χ2n) is 9.18. The van der Waals surface area contributed by atoms with Crippen LogP contribution in [0, 0.1) is 0 Å². The Morgan fingerprint density at radius 2 is 1.52 bits per heavy atom. The van der Waals surface area contributed by atoms with Gasteiger partial charge < -0.3 is 10.1 Å². The summed E-state index contributed by atoms with van der Waals surface area (Å²) in [6.45, 7) is 13.1. The van der Waals surface area contributed by atoms with Crippen molar-refractivity contribution in [1.29, 1.82) is 0 Å². The molecule has 0 aliphatic heterocycles. The third-order valence-corrected chi connectivity index (χ3v) is 5.30. The molecule has 29 heavy (non-hydrogen) atoms. The van der Waals surface area contributed by atoms with E-state index in [-0.39, 0.29) is 16.7 Å². The molecule has 152 valence electrons. The smallest absolute Gasteiger partial charge is 0.278 e. The zero-order valence-corrected chi connectivity index (χ0v) is 18.7. The van der Waals surface area contributed by atoms with E-state index in [0.717, 1.165) is 5.69 Å². The zero-order chi connectivity index (χ0) is 21.2. The lowest BCUT2D eigenvalue weighted by atomic mass is 9.80. The highest BCUT2D eigenvalue weighted by atomic mass is 32.1. The second kappa shape index (κ2) is 7.99. The van der Waals surface area contributed by atoms with Crippen molar-refractivity contribution in [3.8, 4) is 10.9 Å². The summed E-state index contributed by atoms with van der Waals surface area (Å²) >= 11 is 1.42. The van der Waals surface area contributed by atoms with E-state index < -0.39 is 0 Å². The number of carbonyl (C=O) groups excluding carboxylic acids is 1. The van der Waals surface area contributed by atoms with Gasteiger partial charge in [0, 0.05) is 22.8 Å². The summed E-state index contributed by atoms with van der Waals surface area (Å²) in [5.74, 6) is 0.512. The summed E-state index contributed by atoms with van der Waals surface area (Å²) in [5, 5.41) is 5.49. The molecule has 0 radical (unpaired) electrons. The molecule has 3 rings (SSSR count). The van der Waals surface area contributed by atoms with Gasteiger partial charge in [-0.1, -0.05) is 58.9 Å². The molecule has 0 spiro atoms. The van der Waals surface area contributed by atoms with Gasteiger partial charge in [0.2, 0.25) is 0 Å². The molecule has 1 aromatic heterocycles. The summed E-state index contributed by atoms with van der Waals surface area (Å²) in [6, 6.07) is 13.4. The molecule has 1 N–H and O–H groups in total. The molecular formula is C24H28N2O2S. The highest BCUT2D eigenvalue weighted by molar-refractivity contribution is 7.11. The van der Waals surface area contributed by atoms with Crippen molar-refractivity contribution in [1.82, 2.24) is 4.98 Å². The van der Waals surface area contributed by atoms with Crippen molar-refractivity contribution in [2.75, 3.05) is 5.32 Å². The van der Waals surface area contributed by atoms with Gasteiger partial charge in [0.1, 0.15) is 5.75 Å². The Hall–Kier alpha value is -2.66. The Labute approximate surface area is 177 Å². The van der Waals surface area contributed by atoms with Crippen LogP contribution in [0.25, 0.3) is 0 Å². The third kappa shape index (κ3) is 5.45. The fourth-order valence-electron chi connectivity index (χ4n) is 2.80. The van der Waals surface area contributed by atoms with E-state index in [4.69, 9.17) is 4.74 Å². The summed E-state index contributed by atoms with van der Waals surface area (Å²) in [4.78, 5) is 16.9. The number of aromatic nitrogens is 1. The lowest BCUT2D eigenvalue weighted by Crippen LogP contribution is -2.18. The minimum atomic E-state index is -0.142. The van der Waals surface area contributed by atoms with Crippen molar-refractivity contribution in [2.45, 2.75) is 52.4 Å². The molecule has 0 saturated carbocycles. The number of ether oxygens (including phenoxy) is 1. The first-order valence-electron chi connectivity index (χ1n) is 9.67. The van der Waals surface area contributed by atoms with Gasteiger partial charge in [-0.3, -0.25) is 4.79 Å². The molecule has 0 aliphatic carbocycles. The first-order chi connectivity index (χ1) is 13.5. The van der Waals surface area contributed by atoms with E-state index in [0.29, 0.717) is 16.5 Å². The Bertz CT molecular complexity index is 947. The number of thiazole rings is 1. The lowest BCUT2D eigenvalue weighted by molar-refractivity contribution is 0.102. The van der Waals surface area contributed by atoms with Crippen molar-refractivity contribution < 1.29 is 9.53 Å². The Kier molecular flexibility index (Phi) is 5.80. The van der Waals surface area contributed by atoms with Crippen LogP contribution in [0.3, 0.4) is 0 Å². The largest absolute Gasteiger partial charge is 0.431 e. The minimum Gasteiger partial charge on any atom is -0.431 e. The quantitative estimate of drug-likeness (QED) is 0.517. The van der Waals surface area contributed by atoms with Crippen LogP contribution >= 0.6 is 11.3 Å². The van der Waals surface area contributed by atoms with Crippen LogP contribution in [0.5, 0.6) is 10.9 Å². The molecule has 2 aromatic carbocycles. The number of benzene rings is 2. The fourth-order valence-corrected chi connectivity index (χ4v) is 3.31. The highest BCUT2D eigenvalue weighted by Crippen LogP contribution is 2.32. The van der Waals surface area contributed by atoms with Gasteiger partial charge in [-0.15, -0.1) is 0 Å². The predicted octanol–water partition coefficient (Wildman–Crippen LogP) is 6.78. The van der Waals surface area contributed by atoms with E-state index in [1.54, 1.807) is 30.5 Å². The van der Waals surface area contributed by atoms with Crippen LogP contribution in [0.2, 0.25) is 0 Å². The summed E-state index contributed by atoms with van der Waals surface area (Å²) < 4.78 is 5.65. The maximum absolute atomic E-state index is 12.8. The Morgan fingerprint density at radius 1 is 0.931 bits per heavy atom. The number of rotatable bonds is 4. The average molecular weight is 409 g/mol. The highest BCUT2D eigenvalue weighted by Gasteiger charge is 2.21. The van der Waals surface area contributed by atoms with Crippen LogP contribution in [0.1, 0.15) is 63.0 Å². The molecular weight excluding hydrogens is 380 g/mol. The van der Waals surface area contributed by atoms with Crippen LogP contribution in [-0.4, -0.2) is 10.9 Å². The van der Waals surface area contributed by atoms with Crippen LogP contribution in [-0.2, 0) is 10.8 Å². The molecule has 0 atom stereocenters. The maximum Gasteiger partial charge on any atom is 0.278 e. The lowest BCUT2D eigenvalue weighted by Gasteiger charge is -2.26. The third-order valence-electron chi connectivity index (χ3n) is 4.65. The number of anilines is 1. The summed E-state index contributed by atoms with van der Waals surface area (Å²) in [5.41, 5.74) is 3.79. The Balaban J connectivity index is 1.80. The van der Waals surface area contributed by atoms with Gasteiger partial charge in [0.15, 0.2) is 0 Å². The molecule has 0 fully saturated rings. The standard InChI is InChI=1S/C24H28N2O2S/c1-23(2,3)17-13-18(24(4,5)6)15-19(14-17)26-21(27)16-7-9-20(10-8-16)28-22-25-11-12-29-22/h7-15H,1-6H3,(H,26,27). The number of hydrogen-bond donors (Lipinski definition) is 1. The molecule has 0 aliphatic rings. The van der Waals surface area contributed by atoms with E-state index in [1.165, 1.54) is 22.5 Å². The molecule has 4 nitrogen and oxygen atoms in total. The molecule has 5 heteroatoms. The Morgan fingerprint density at radius 3 is 2.00 bits per heavy atom. The number of amides is 1. The van der Waals surface area contributed by atoms with E-state index in [1.807, 2.05) is 5.38 Å². The summed E-state index contributed by atoms with van der Waals surface area (Å²) in [7, 11) is 0. The van der Waals surface area contributed by atoms with Crippen molar-refractivity contribution >= 4 is 22.9 Å². The number of nitrogens with zero attached hydrogens (tertiary/aromatic N) is 1. The van der Waals surface area contributed by atoms with Gasteiger partial charge in [-0.2, -0.15) is 0 Å². The monoisotopic (exact) mass is 408 g/mol. The van der Waals surface area contributed by atoms with E-state index in [2.05, 4.69) is 70.0 Å². The fraction of sp³-hybridized carbons (Fsp3) is 0.333. The zero-order valence-electron chi connectivity index (χ0n) is 17.9. The topological polar surface area (TPSA) is 51.2 Å². The number of carbonyl (C=O) groups is 1. The average Bonchev–Trinajstić information content (AvgIpc) is 3.13. The molecule has 0 bridgehead atoms. The van der Waals surface area contributed by atoms with Crippen LogP contribution in [0.15, 0.2) is 54.0 Å². The normalized spacial score (nSPS) is 11.9. The minimum absolute atomic E-state index is 0.00441. The number of nitrogens with one attached hydrogen (secondary N) is 1. The molecule has 0 saturated heterocycles. The van der Waals surface area contributed by atoms with Crippen molar-refractivity contribution in [3.05, 3.63) is 70.7 Å². The van der Waals surface area contributed by atoms with Gasteiger partial charge in [-0.05, 0) is 58.4 Å². The van der Waals surface area contributed by atoms with E-state index >= 15 is 0 Å². The van der Waals surface area contributed by atoms with Crippen LogP contribution < -0.4 is 10.1 Å². The second-order valence-corrected chi connectivity index (χ2v) is 10.0. The van der Waals surface area contributed by atoms with Gasteiger partial charge in [-0.25, -0.2) is 4.98 Å². The first-order valence-corrected chi connectivity index (χ1v) is 10.6. The molecule has 1 amide bonds. The van der Waals surface area contributed by atoms with Gasteiger partial charge >= 0.3 is 0 Å². The number of hydrogen-bond acceptors (Lipinski definition) is 4. The van der Waals surface area contributed by atoms with Crippen molar-refractivity contribution in [3.63, 3.8) is 0 Å². The van der Waals surface area contributed by atoms with Crippen LogP contribution in [0.4, 0.5) is 5.69 Å². The molecule has 0 unspecified atom stereocenters.